The molecule has 1 aromatic heterocycles. The van der Waals surface area contributed by atoms with Crippen molar-refractivity contribution in [3.63, 3.8) is 0 Å². The smallest absolute Gasteiger partial charge is 0.252 e. The largest absolute Gasteiger partial charge is 0.365 e. The molecule has 1 atom stereocenters. The first-order chi connectivity index (χ1) is 10.3. The Balaban J connectivity index is 2.57. The summed E-state index contributed by atoms with van der Waals surface area (Å²) in [5.74, 6) is -1.42. The summed E-state index contributed by atoms with van der Waals surface area (Å²) in [6.45, 7) is -0.112. The van der Waals surface area contributed by atoms with Gasteiger partial charge in [0.1, 0.15) is 11.3 Å². The van der Waals surface area contributed by atoms with Gasteiger partial charge in [-0.2, -0.15) is 0 Å². The van der Waals surface area contributed by atoms with Crippen LogP contribution in [-0.2, 0) is 17.6 Å². The highest BCUT2D eigenvalue weighted by Crippen LogP contribution is 2.17. The summed E-state index contributed by atoms with van der Waals surface area (Å²) < 4.78 is 35.1. The van der Waals surface area contributed by atoms with E-state index < -0.39 is 22.8 Å². The van der Waals surface area contributed by atoms with Crippen LogP contribution in [0, 0.1) is 11.2 Å². The summed E-state index contributed by atoms with van der Waals surface area (Å²) in [6.07, 6.45) is 1.35. The molecule has 6 nitrogen and oxygen atoms in total. The Morgan fingerprint density at radius 2 is 2.14 bits per heavy atom. The number of nitrogens with two attached hydrogens (primary N) is 1. The maximum atomic E-state index is 13.4. The zero-order valence-electron chi connectivity index (χ0n) is 11.0. The Bertz CT molecular complexity index is 838. The summed E-state index contributed by atoms with van der Waals surface area (Å²) in [6, 6.07) is 4.58. The molecule has 1 amide bonds. The van der Waals surface area contributed by atoms with Crippen molar-refractivity contribution in [3.8, 4) is 0 Å². The number of nitrogens with one attached hydrogen (secondary N) is 1. The maximum absolute atomic E-state index is 13.4. The molecular formula is C13H11ClFN3O3S. The first kappa shape index (κ1) is 16.3. The van der Waals surface area contributed by atoms with Gasteiger partial charge >= 0.3 is 0 Å². The van der Waals surface area contributed by atoms with Crippen LogP contribution in [0.3, 0.4) is 0 Å². The maximum Gasteiger partial charge on any atom is 0.252 e. The van der Waals surface area contributed by atoms with Gasteiger partial charge in [0, 0.05) is 6.20 Å². The molecule has 116 valence electrons. The Hall–Kier alpha value is -2.03. The topological polar surface area (TPSA) is 109 Å². The van der Waals surface area contributed by atoms with Crippen LogP contribution < -0.4 is 11.2 Å². The van der Waals surface area contributed by atoms with Gasteiger partial charge in [0.15, 0.2) is 11.1 Å². The predicted molar refractivity (Wildman–Crippen MR) is 78.4 cm³/mol. The number of aromatic nitrogens is 1. The van der Waals surface area contributed by atoms with Gasteiger partial charge in [0.25, 0.3) is 5.91 Å². The lowest BCUT2D eigenvalue weighted by molar-refractivity contribution is 0.0997. The Morgan fingerprint density at radius 1 is 1.45 bits per heavy atom. The molecule has 0 bridgehead atoms. The highest BCUT2D eigenvalue weighted by atomic mass is 35.5. The fourth-order valence-corrected chi connectivity index (χ4v) is 2.71. The zero-order chi connectivity index (χ0) is 16.4. The van der Waals surface area contributed by atoms with Gasteiger partial charge < -0.3 is 14.9 Å². The molecule has 4 N–H and O–H groups in total. The summed E-state index contributed by atoms with van der Waals surface area (Å²) >= 11 is 3.56. The quantitative estimate of drug-likeness (QED) is 0.731. The molecule has 0 fully saturated rings. The van der Waals surface area contributed by atoms with Gasteiger partial charge in [-0.3, -0.25) is 10.2 Å². The molecule has 2 aromatic rings. The number of hydrogen-bond acceptors (Lipinski definition) is 3. The Morgan fingerprint density at radius 3 is 2.73 bits per heavy atom. The summed E-state index contributed by atoms with van der Waals surface area (Å²) in [5.41, 5.74) is 5.03. The second-order valence-corrected chi connectivity index (χ2v) is 5.79. The minimum atomic E-state index is -2.31. The second-order valence-electron chi connectivity index (χ2n) is 4.41. The number of amides is 1. The molecule has 2 rings (SSSR count). The van der Waals surface area contributed by atoms with Crippen LogP contribution in [0.25, 0.3) is 0 Å². The van der Waals surface area contributed by atoms with E-state index in [1.807, 2.05) is 0 Å². The van der Waals surface area contributed by atoms with Crippen molar-refractivity contribution in [3.05, 3.63) is 57.9 Å². The van der Waals surface area contributed by atoms with Crippen LogP contribution in [0.2, 0.25) is 5.02 Å². The SMILES string of the molecule is N=c1c(C(N)=O)cc(Cl)cn1Cc1cc(F)ccc1S(=O)O. The number of pyridine rings is 1. The molecule has 22 heavy (non-hydrogen) atoms. The number of primary amides is 1. The average Bonchev–Trinajstić information content (AvgIpc) is 2.41. The molecule has 1 heterocycles. The van der Waals surface area contributed by atoms with Crippen molar-refractivity contribution in [2.45, 2.75) is 11.4 Å². The van der Waals surface area contributed by atoms with Gasteiger partial charge in [0.2, 0.25) is 0 Å². The van der Waals surface area contributed by atoms with E-state index in [1.54, 1.807) is 0 Å². The van der Waals surface area contributed by atoms with Crippen molar-refractivity contribution in [1.82, 2.24) is 4.57 Å². The van der Waals surface area contributed by atoms with Crippen LogP contribution in [0.1, 0.15) is 15.9 Å². The van der Waals surface area contributed by atoms with Crippen molar-refractivity contribution >= 4 is 28.6 Å². The monoisotopic (exact) mass is 343 g/mol. The third-order valence-electron chi connectivity index (χ3n) is 2.92. The van der Waals surface area contributed by atoms with Gasteiger partial charge in [-0.25, -0.2) is 8.60 Å². The van der Waals surface area contributed by atoms with Crippen molar-refractivity contribution < 1.29 is 17.9 Å². The molecule has 0 spiro atoms. The van der Waals surface area contributed by atoms with E-state index in [0.29, 0.717) is 0 Å². The average molecular weight is 344 g/mol. The number of carbonyl (C=O) groups is 1. The molecule has 0 aliphatic carbocycles. The molecular weight excluding hydrogens is 333 g/mol. The molecule has 0 saturated carbocycles. The number of carbonyl (C=O) groups excluding carboxylic acids is 1. The van der Waals surface area contributed by atoms with E-state index in [2.05, 4.69) is 0 Å². The molecule has 1 aromatic carbocycles. The molecule has 1 unspecified atom stereocenters. The Labute approximate surface area is 132 Å². The molecule has 0 aliphatic heterocycles. The van der Waals surface area contributed by atoms with E-state index in [1.165, 1.54) is 22.9 Å². The lowest BCUT2D eigenvalue weighted by atomic mass is 10.2. The highest BCUT2D eigenvalue weighted by Gasteiger charge is 2.13. The summed E-state index contributed by atoms with van der Waals surface area (Å²) in [7, 11) is 0. The van der Waals surface area contributed by atoms with Gasteiger partial charge in [-0.1, -0.05) is 11.6 Å². The summed E-state index contributed by atoms with van der Waals surface area (Å²) in [5, 5.41) is 8.09. The van der Waals surface area contributed by atoms with Crippen LogP contribution in [-0.4, -0.2) is 19.2 Å². The van der Waals surface area contributed by atoms with E-state index in [0.717, 1.165) is 12.1 Å². The van der Waals surface area contributed by atoms with Gasteiger partial charge in [0.05, 0.1) is 22.0 Å². The first-order valence-corrected chi connectivity index (χ1v) is 7.41. The fraction of sp³-hybridized carbons (Fsp3) is 0.0769. The minimum absolute atomic E-state index is 0.00824. The van der Waals surface area contributed by atoms with Crippen LogP contribution in [0.4, 0.5) is 4.39 Å². The first-order valence-electron chi connectivity index (χ1n) is 5.93. The normalized spacial score (nSPS) is 12.1. The van der Waals surface area contributed by atoms with E-state index >= 15 is 0 Å². The number of benzene rings is 1. The number of hydrogen-bond donors (Lipinski definition) is 3. The molecule has 0 saturated heterocycles. The third-order valence-corrected chi connectivity index (χ3v) is 3.90. The molecule has 0 radical (unpaired) electrons. The third kappa shape index (κ3) is 3.41. The van der Waals surface area contributed by atoms with Crippen LogP contribution >= 0.6 is 11.6 Å². The van der Waals surface area contributed by atoms with Crippen molar-refractivity contribution in [1.29, 1.82) is 5.41 Å². The van der Waals surface area contributed by atoms with Crippen LogP contribution in [0.15, 0.2) is 35.4 Å². The lowest BCUT2D eigenvalue weighted by Gasteiger charge is -2.12. The number of halogens is 2. The summed E-state index contributed by atoms with van der Waals surface area (Å²) in [4.78, 5) is 11.3. The number of rotatable bonds is 4. The number of nitrogens with zero attached hydrogens (tertiary/aromatic N) is 1. The van der Waals surface area contributed by atoms with Gasteiger partial charge in [-0.15, -0.1) is 0 Å². The predicted octanol–water partition coefficient (Wildman–Crippen LogP) is 1.49. The molecule has 0 aliphatic rings. The van der Waals surface area contributed by atoms with Crippen LogP contribution in [0.5, 0.6) is 0 Å². The van der Waals surface area contributed by atoms with E-state index in [-0.39, 0.29) is 33.1 Å². The fourth-order valence-electron chi connectivity index (χ4n) is 1.95. The second kappa shape index (κ2) is 6.39. The van der Waals surface area contributed by atoms with Crippen molar-refractivity contribution in [2.24, 2.45) is 5.73 Å². The van der Waals surface area contributed by atoms with Crippen molar-refractivity contribution in [2.75, 3.05) is 0 Å². The van der Waals surface area contributed by atoms with Gasteiger partial charge in [-0.05, 0) is 29.8 Å². The highest BCUT2D eigenvalue weighted by molar-refractivity contribution is 7.79. The lowest BCUT2D eigenvalue weighted by Crippen LogP contribution is -2.30. The molecule has 9 heteroatoms. The standard InChI is InChI=1S/C13H11ClFN3O3S/c14-8-4-10(13(17)19)12(16)18(6-8)5-7-3-9(15)1-2-11(7)22(20)21/h1-4,6,16H,5H2,(H2,17,19)(H,20,21). The Kier molecular flexibility index (Phi) is 4.74. The van der Waals surface area contributed by atoms with E-state index in [4.69, 9.17) is 22.7 Å². The zero-order valence-corrected chi connectivity index (χ0v) is 12.6. The van der Waals surface area contributed by atoms with E-state index in [9.17, 15) is 17.9 Å². The minimum Gasteiger partial charge on any atom is -0.365 e.